The molecule has 0 radical (unpaired) electrons. The van der Waals surface area contributed by atoms with Crippen LogP contribution in [0.15, 0.2) is 48.5 Å². The average molecular weight is 273 g/mol. The van der Waals surface area contributed by atoms with E-state index in [1.165, 1.54) is 12.1 Å². The molecule has 1 atom stereocenters. The number of benzene rings is 2. The van der Waals surface area contributed by atoms with E-state index in [4.69, 9.17) is 10.5 Å². The lowest BCUT2D eigenvalue weighted by Crippen LogP contribution is -2.35. The van der Waals surface area contributed by atoms with Gasteiger partial charge in [-0.1, -0.05) is 24.3 Å². The van der Waals surface area contributed by atoms with Crippen LogP contribution in [-0.2, 0) is 12.0 Å². The highest BCUT2D eigenvalue weighted by atomic mass is 19.1. The van der Waals surface area contributed by atoms with Crippen molar-refractivity contribution in [2.45, 2.75) is 25.8 Å². The molecule has 0 aliphatic heterocycles. The molecule has 1 unspecified atom stereocenters. The summed E-state index contributed by atoms with van der Waals surface area (Å²) in [5, 5.41) is 0. The predicted molar refractivity (Wildman–Crippen MR) is 79.3 cm³/mol. The van der Waals surface area contributed by atoms with Gasteiger partial charge in [0.2, 0.25) is 0 Å². The van der Waals surface area contributed by atoms with Gasteiger partial charge in [-0.3, -0.25) is 0 Å². The van der Waals surface area contributed by atoms with E-state index in [2.05, 4.69) is 0 Å². The molecule has 0 aliphatic carbocycles. The fourth-order valence-corrected chi connectivity index (χ4v) is 2.23. The zero-order chi connectivity index (χ0) is 14.6. The zero-order valence-electron chi connectivity index (χ0n) is 11.9. The average Bonchev–Trinajstić information content (AvgIpc) is 2.42. The van der Waals surface area contributed by atoms with Gasteiger partial charge >= 0.3 is 0 Å². The van der Waals surface area contributed by atoms with E-state index in [-0.39, 0.29) is 5.82 Å². The Hall–Kier alpha value is -1.87. The van der Waals surface area contributed by atoms with Crippen LogP contribution in [0.4, 0.5) is 4.39 Å². The van der Waals surface area contributed by atoms with E-state index >= 15 is 0 Å². The lowest BCUT2D eigenvalue weighted by Gasteiger charge is -2.25. The second-order valence-corrected chi connectivity index (χ2v) is 5.18. The van der Waals surface area contributed by atoms with E-state index in [9.17, 15) is 4.39 Å². The lowest BCUT2D eigenvalue weighted by atomic mass is 9.86. The third kappa shape index (κ3) is 3.58. The number of ether oxygens (including phenoxy) is 1. The first kappa shape index (κ1) is 14.5. The summed E-state index contributed by atoms with van der Waals surface area (Å²) < 4.78 is 18.3. The largest absolute Gasteiger partial charge is 0.494 e. The molecule has 0 bridgehead atoms. The maximum atomic E-state index is 12.9. The van der Waals surface area contributed by atoms with Gasteiger partial charge in [0.1, 0.15) is 11.6 Å². The summed E-state index contributed by atoms with van der Waals surface area (Å²) in [4.78, 5) is 0. The van der Waals surface area contributed by atoms with Crippen molar-refractivity contribution < 1.29 is 9.13 Å². The maximum Gasteiger partial charge on any atom is 0.123 e. The van der Waals surface area contributed by atoms with Crippen molar-refractivity contribution in [3.63, 3.8) is 0 Å². The van der Waals surface area contributed by atoms with Gasteiger partial charge in [0, 0.05) is 5.54 Å². The molecular formula is C17H20FNO. The standard InChI is InChI=1S/C17H20FNO/c1-3-20-16-10-6-14(7-11-16)17(2,19)12-13-4-8-15(18)9-5-13/h4-11H,3,12,19H2,1-2H3. The van der Waals surface area contributed by atoms with Crippen LogP contribution in [0.3, 0.4) is 0 Å². The summed E-state index contributed by atoms with van der Waals surface area (Å²) in [6.45, 7) is 4.58. The molecule has 0 fully saturated rings. The lowest BCUT2D eigenvalue weighted by molar-refractivity contribution is 0.340. The summed E-state index contributed by atoms with van der Waals surface area (Å²) in [5.41, 5.74) is 7.95. The first-order valence-electron chi connectivity index (χ1n) is 6.78. The van der Waals surface area contributed by atoms with Crippen molar-refractivity contribution in [3.05, 3.63) is 65.5 Å². The van der Waals surface area contributed by atoms with Gasteiger partial charge in [-0.25, -0.2) is 4.39 Å². The molecule has 3 heteroatoms. The molecule has 0 saturated carbocycles. The molecule has 0 aromatic heterocycles. The van der Waals surface area contributed by atoms with E-state index in [1.54, 1.807) is 12.1 Å². The molecule has 2 N–H and O–H groups in total. The van der Waals surface area contributed by atoms with Gasteiger partial charge in [-0.15, -0.1) is 0 Å². The molecule has 0 amide bonds. The molecule has 2 aromatic rings. The Morgan fingerprint density at radius 2 is 1.65 bits per heavy atom. The molecule has 0 heterocycles. The molecule has 0 aliphatic rings. The Labute approximate surface area is 119 Å². The van der Waals surface area contributed by atoms with Crippen molar-refractivity contribution in [1.29, 1.82) is 0 Å². The van der Waals surface area contributed by atoms with Gasteiger partial charge in [-0.05, 0) is 55.7 Å². The minimum atomic E-state index is -0.497. The molecule has 0 saturated heterocycles. The van der Waals surface area contributed by atoms with Gasteiger partial charge < -0.3 is 10.5 Å². The van der Waals surface area contributed by atoms with Gasteiger partial charge in [0.15, 0.2) is 0 Å². The van der Waals surface area contributed by atoms with Crippen molar-refractivity contribution in [2.75, 3.05) is 6.61 Å². The number of rotatable bonds is 5. The summed E-state index contributed by atoms with van der Waals surface area (Å²) in [6, 6.07) is 14.3. The second-order valence-electron chi connectivity index (χ2n) is 5.18. The smallest absolute Gasteiger partial charge is 0.123 e. The SMILES string of the molecule is CCOc1ccc(C(C)(N)Cc2ccc(F)cc2)cc1. The van der Waals surface area contributed by atoms with Crippen LogP contribution in [0.25, 0.3) is 0 Å². The predicted octanol–water partition coefficient (Wildman–Crippen LogP) is 3.64. The van der Waals surface area contributed by atoms with Crippen molar-refractivity contribution in [2.24, 2.45) is 5.73 Å². The first-order chi connectivity index (χ1) is 9.51. The van der Waals surface area contributed by atoms with Crippen LogP contribution >= 0.6 is 0 Å². The summed E-state index contributed by atoms with van der Waals surface area (Å²) in [6.07, 6.45) is 0.654. The van der Waals surface area contributed by atoms with Gasteiger partial charge in [0.05, 0.1) is 6.61 Å². The van der Waals surface area contributed by atoms with Gasteiger partial charge in [-0.2, -0.15) is 0 Å². The molecule has 106 valence electrons. The highest BCUT2D eigenvalue weighted by molar-refractivity contribution is 5.33. The zero-order valence-corrected chi connectivity index (χ0v) is 11.9. The highest BCUT2D eigenvalue weighted by Gasteiger charge is 2.21. The molecular weight excluding hydrogens is 253 g/mol. The summed E-state index contributed by atoms with van der Waals surface area (Å²) in [7, 11) is 0. The van der Waals surface area contributed by atoms with Gasteiger partial charge in [0.25, 0.3) is 0 Å². The van der Waals surface area contributed by atoms with E-state index in [1.807, 2.05) is 38.1 Å². The first-order valence-corrected chi connectivity index (χ1v) is 6.78. The molecule has 2 rings (SSSR count). The Kier molecular flexibility index (Phi) is 4.40. The number of nitrogens with two attached hydrogens (primary N) is 1. The topological polar surface area (TPSA) is 35.2 Å². The van der Waals surface area contributed by atoms with E-state index in [0.29, 0.717) is 13.0 Å². The minimum absolute atomic E-state index is 0.228. The minimum Gasteiger partial charge on any atom is -0.494 e. The van der Waals surface area contributed by atoms with Crippen molar-refractivity contribution in [1.82, 2.24) is 0 Å². The van der Waals surface area contributed by atoms with Crippen LogP contribution < -0.4 is 10.5 Å². The van der Waals surface area contributed by atoms with Crippen LogP contribution in [0, 0.1) is 5.82 Å². The van der Waals surface area contributed by atoms with Crippen LogP contribution in [0.5, 0.6) is 5.75 Å². The molecule has 20 heavy (non-hydrogen) atoms. The molecule has 0 spiro atoms. The fourth-order valence-electron chi connectivity index (χ4n) is 2.23. The summed E-state index contributed by atoms with van der Waals surface area (Å²) in [5.74, 6) is 0.613. The number of hydrogen-bond donors (Lipinski definition) is 1. The molecule has 2 nitrogen and oxygen atoms in total. The normalized spacial score (nSPS) is 13.8. The Bertz CT molecular complexity index is 546. The maximum absolute atomic E-state index is 12.9. The van der Waals surface area contributed by atoms with Crippen LogP contribution in [0.1, 0.15) is 25.0 Å². The Balaban J connectivity index is 2.14. The van der Waals surface area contributed by atoms with E-state index in [0.717, 1.165) is 16.9 Å². The summed E-state index contributed by atoms with van der Waals surface area (Å²) >= 11 is 0. The Morgan fingerprint density at radius 1 is 1.05 bits per heavy atom. The highest BCUT2D eigenvalue weighted by Crippen LogP contribution is 2.25. The molecule has 2 aromatic carbocycles. The van der Waals surface area contributed by atoms with Crippen LogP contribution in [0.2, 0.25) is 0 Å². The van der Waals surface area contributed by atoms with E-state index < -0.39 is 5.54 Å². The third-order valence-corrected chi connectivity index (χ3v) is 3.31. The fraction of sp³-hybridized carbons (Fsp3) is 0.294. The number of hydrogen-bond acceptors (Lipinski definition) is 2. The Morgan fingerprint density at radius 3 is 2.20 bits per heavy atom. The monoisotopic (exact) mass is 273 g/mol. The number of halogens is 1. The van der Waals surface area contributed by atoms with Crippen molar-refractivity contribution >= 4 is 0 Å². The second kappa shape index (κ2) is 6.06. The van der Waals surface area contributed by atoms with Crippen molar-refractivity contribution in [3.8, 4) is 5.75 Å². The quantitative estimate of drug-likeness (QED) is 0.902. The van der Waals surface area contributed by atoms with Crippen LogP contribution in [-0.4, -0.2) is 6.61 Å². The third-order valence-electron chi connectivity index (χ3n) is 3.31.